The molecule has 0 saturated carbocycles. The highest BCUT2D eigenvalue weighted by molar-refractivity contribution is 5.95. The highest BCUT2D eigenvalue weighted by Gasteiger charge is 2.18. The largest absolute Gasteiger partial charge is 0.338 e. The number of aldehydes is 1. The third-order valence-electron chi connectivity index (χ3n) is 2.60. The van der Waals surface area contributed by atoms with Gasteiger partial charge in [0.2, 0.25) is 0 Å². The summed E-state index contributed by atoms with van der Waals surface area (Å²) in [6.07, 6.45) is 3.68. The molecule has 0 aromatic carbocycles. The second-order valence-electron chi connectivity index (χ2n) is 5.62. The Labute approximate surface area is 114 Å². The van der Waals surface area contributed by atoms with Crippen LogP contribution in [0.15, 0.2) is 18.5 Å². The van der Waals surface area contributed by atoms with Crippen molar-refractivity contribution in [3.8, 4) is 0 Å². The van der Waals surface area contributed by atoms with Crippen LogP contribution in [0, 0.1) is 11.8 Å². The van der Waals surface area contributed by atoms with E-state index in [0.717, 1.165) is 0 Å². The van der Waals surface area contributed by atoms with Gasteiger partial charge in [0, 0.05) is 31.0 Å². The van der Waals surface area contributed by atoms with Crippen LogP contribution in [0.25, 0.3) is 0 Å². The molecule has 0 fully saturated rings. The molecular formula is C15H22N2O2. The van der Waals surface area contributed by atoms with Crippen molar-refractivity contribution < 1.29 is 9.59 Å². The quantitative estimate of drug-likeness (QED) is 0.740. The van der Waals surface area contributed by atoms with E-state index < -0.39 is 0 Å². The lowest BCUT2D eigenvalue weighted by molar-refractivity contribution is 0.0714. The third kappa shape index (κ3) is 4.81. The molecule has 0 aliphatic carbocycles. The topological polar surface area (TPSA) is 50.3 Å². The molecule has 0 bridgehead atoms. The number of nitrogens with zero attached hydrogens (tertiary/aromatic N) is 2. The molecule has 1 aromatic rings. The van der Waals surface area contributed by atoms with E-state index in [0.29, 0.717) is 42.3 Å². The van der Waals surface area contributed by atoms with Crippen molar-refractivity contribution in [3.05, 3.63) is 29.6 Å². The molecule has 19 heavy (non-hydrogen) atoms. The molecule has 0 radical (unpaired) electrons. The molecule has 0 saturated heterocycles. The maximum absolute atomic E-state index is 12.5. The number of rotatable bonds is 6. The normalized spacial score (nSPS) is 10.8. The summed E-state index contributed by atoms with van der Waals surface area (Å²) in [5.41, 5.74) is 0.908. The lowest BCUT2D eigenvalue weighted by atomic mass is 10.1. The molecule has 1 heterocycles. The zero-order valence-corrected chi connectivity index (χ0v) is 12.1. The molecule has 0 aliphatic rings. The van der Waals surface area contributed by atoms with E-state index in [1.54, 1.807) is 6.07 Å². The first-order chi connectivity index (χ1) is 8.93. The van der Waals surface area contributed by atoms with Crippen LogP contribution in [0.4, 0.5) is 0 Å². The highest BCUT2D eigenvalue weighted by atomic mass is 16.2. The van der Waals surface area contributed by atoms with Gasteiger partial charge in [-0.15, -0.1) is 0 Å². The summed E-state index contributed by atoms with van der Waals surface area (Å²) in [5.74, 6) is 0.758. The van der Waals surface area contributed by atoms with Gasteiger partial charge in [0.1, 0.15) is 0 Å². The Morgan fingerprint density at radius 2 is 1.79 bits per heavy atom. The van der Waals surface area contributed by atoms with Crippen molar-refractivity contribution in [1.29, 1.82) is 0 Å². The Kier molecular flexibility index (Phi) is 5.67. The van der Waals surface area contributed by atoms with Gasteiger partial charge in [-0.2, -0.15) is 0 Å². The molecule has 0 atom stereocenters. The molecule has 104 valence electrons. The summed E-state index contributed by atoms with van der Waals surface area (Å²) in [7, 11) is 0. The first kappa shape index (κ1) is 15.3. The van der Waals surface area contributed by atoms with Gasteiger partial charge >= 0.3 is 0 Å². The van der Waals surface area contributed by atoms with E-state index in [9.17, 15) is 9.59 Å². The van der Waals surface area contributed by atoms with Crippen LogP contribution in [0.2, 0.25) is 0 Å². The van der Waals surface area contributed by atoms with Gasteiger partial charge in [-0.3, -0.25) is 14.6 Å². The second kappa shape index (κ2) is 7.02. The van der Waals surface area contributed by atoms with E-state index in [4.69, 9.17) is 0 Å². The second-order valence-corrected chi connectivity index (χ2v) is 5.62. The SMILES string of the molecule is CC(C)CN(CC(C)C)C(=O)c1cncc(C=O)c1. The molecule has 0 spiro atoms. The number of hydrogen-bond acceptors (Lipinski definition) is 3. The maximum atomic E-state index is 12.5. The van der Waals surface area contributed by atoms with Crippen LogP contribution in [-0.4, -0.2) is 35.2 Å². The first-order valence-electron chi connectivity index (χ1n) is 6.63. The highest BCUT2D eigenvalue weighted by Crippen LogP contribution is 2.10. The maximum Gasteiger partial charge on any atom is 0.255 e. The Morgan fingerprint density at radius 1 is 1.21 bits per heavy atom. The number of hydrogen-bond donors (Lipinski definition) is 0. The minimum absolute atomic E-state index is 0.0569. The molecule has 0 aliphatic heterocycles. The third-order valence-corrected chi connectivity index (χ3v) is 2.60. The fraction of sp³-hybridized carbons (Fsp3) is 0.533. The molecule has 4 heteroatoms. The van der Waals surface area contributed by atoms with Crippen LogP contribution in [-0.2, 0) is 0 Å². The summed E-state index contributed by atoms with van der Waals surface area (Å²) in [6.45, 7) is 9.76. The lowest BCUT2D eigenvalue weighted by Gasteiger charge is -2.26. The minimum atomic E-state index is -0.0569. The summed E-state index contributed by atoms with van der Waals surface area (Å²) in [6, 6.07) is 1.59. The summed E-state index contributed by atoms with van der Waals surface area (Å²) in [4.78, 5) is 29.0. The van der Waals surface area contributed by atoms with Gasteiger partial charge in [-0.05, 0) is 17.9 Å². The van der Waals surface area contributed by atoms with E-state index >= 15 is 0 Å². The van der Waals surface area contributed by atoms with Crippen LogP contribution in [0.1, 0.15) is 48.4 Å². The van der Waals surface area contributed by atoms with Crippen LogP contribution in [0.3, 0.4) is 0 Å². The van der Waals surface area contributed by atoms with Gasteiger partial charge in [0.15, 0.2) is 6.29 Å². The number of pyridine rings is 1. The molecular weight excluding hydrogens is 240 g/mol. The van der Waals surface area contributed by atoms with Crippen molar-refractivity contribution in [2.45, 2.75) is 27.7 Å². The molecule has 4 nitrogen and oxygen atoms in total. The average molecular weight is 262 g/mol. The Morgan fingerprint density at radius 3 is 2.26 bits per heavy atom. The van der Waals surface area contributed by atoms with Gasteiger partial charge < -0.3 is 4.90 Å². The zero-order valence-electron chi connectivity index (χ0n) is 12.1. The molecule has 1 amide bonds. The predicted octanol–water partition coefficient (Wildman–Crippen LogP) is 2.65. The summed E-state index contributed by atoms with van der Waals surface area (Å²) >= 11 is 0. The van der Waals surface area contributed by atoms with Crippen molar-refractivity contribution in [1.82, 2.24) is 9.88 Å². The van der Waals surface area contributed by atoms with E-state index in [-0.39, 0.29) is 5.91 Å². The van der Waals surface area contributed by atoms with Gasteiger partial charge in [-0.1, -0.05) is 27.7 Å². The number of aromatic nitrogens is 1. The van der Waals surface area contributed by atoms with Crippen LogP contribution >= 0.6 is 0 Å². The molecule has 0 N–H and O–H groups in total. The summed E-state index contributed by atoms with van der Waals surface area (Å²) in [5, 5.41) is 0. The van der Waals surface area contributed by atoms with Gasteiger partial charge in [-0.25, -0.2) is 0 Å². The Bertz CT molecular complexity index is 432. The fourth-order valence-electron chi connectivity index (χ4n) is 1.94. The Hall–Kier alpha value is -1.71. The number of amides is 1. The van der Waals surface area contributed by atoms with Crippen molar-refractivity contribution >= 4 is 12.2 Å². The Balaban J connectivity index is 2.93. The van der Waals surface area contributed by atoms with Crippen molar-refractivity contribution in [2.75, 3.05) is 13.1 Å². The fourth-order valence-corrected chi connectivity index (χ4v) is 1.94. The van der Waals surface area contributed by atoms with Gasteiger partial charge in [0.25, 0.3) is 5.91 Å². The standard InChI is InChI=1S/C15H22N2O2/c1-11(2)8-17(9-12(3)4)15(19)14-5-13(10-18)6-16-7-14/h5-7,10-12H,8-9H2,1-4H3. The number of carbonyl (C=O) groups is 2. The van der Waals surface area contributed by atoms with Crippen LogP contribution in [0.5, 0.6) is 0 Å². The van der Waals surface area contributed by atoms with Crippen molar-refractivity contribution in [2.24, 2.45) is 11.8 Å². The average Bonchev–Trinajstić information content (AvgIpc) is 2.36. The molecule has 1 rings (SSSR count). The molecule has 0 unspecified atom stereocenters. The van der Waals surface area contributed by atoms with E-state index in [1.165, 1.54) is 12.4 Å². The smallest absolute Gasteiger partial charge is 0.255 e. The van der Waals surface area contributed by atoms with Crippen molar-refractivity contribution in [3.63, 3.8) is 0 Å². The van der Waals surface area contributed by atoms with Crippen LogP contribution < -0.4 is 0 Å². The minimum Gasteiger partial charge on any atom is -0.338 e. The lowest BCUT2D eigenvalue weighted by Crippen LogP contribution is -2.37. The summed E-state index contributed by atoms with van der Waals surface area (Å²) < 4.78 is 0. The zero-order chi connectivity index (χ0) is 14.4. The van der Waals surface area contributed by atoms with Gasteiger partial charge in [0.05, 0.1) is 5.56 Å². The van der Waals surface area contributed by atoms with E-state index in [1.807, 2.05) is 4.90 Å². The monoisotopic (exact) mass is 262 g/mol. The number of carbonyl (C=O) groups excluding carboxylic acids is 2. The molecule has 1 aromatic heterocycles. The first-order valence-corrected chi connectivity index (χ1v) is 6.63. The van der Waals surface area contributed by atoms with E-state index in [2.05, 4.69) is 32.7 Å². The predicted molar refractivity (Wildman–Crippen MR) is 75.2 cm³/mol.